The standard InChI is InChI=1S/C13H12ClN5/c14-10-4-1-8(2-5-10)9-3-6-12(15)11(7-9)13-16-18-19-17-13/h1-5,7,12H,6,15H2,(H,16,17,18,19). The average molecular weight is 274 g/mol. The zero-order chi connectivity index (χ0) is 13.2. The number of tetrazole rings is 1. The van der Waals surface area contributed by atoms with Gasteiger partial charge >= 0.3 is 0 Å². The first-order valence-electron chi connectivity index (χ1n) is 5.91. The van der Waals surface area contributed by atoms with E-state index in [9.17, 15) is 0 Å². The van der Waals surface area contributed by atoms with Crippen molar-refractivity contribution in [3.63, 3.8) is 0 Å². The number of aromatic nitrogens is 4. The molecule has 0 saturated heterocycles. The van der Waals surface area contributed by atoms with E-state index in [-0.39, 0.29) is 6.04 Å². The van der Waals surface area contributed by atoms with Crippen LogP contribution in [0.3, 0.4) is 0 Å². The molecule has 0 spiro atoms. The van der Waals surface area contributed by atoms with E-state index in [1.807, 2.05) is 30.3 Å². The third-order valence-corrected chi connectivity index (χ3v) is 3.35. The quantitative estimate of drug-likeness (QED) is 0.877. The van der Waals surface area contributed by atoms with Crippen LogP contribution in [-0.2, 0) is 0 Å². The van der Waals surface area contributed by atoms with Gasteiger partial charge in [-0.2, -0.15) is 0 Å². The molecule has 96 valence electrons. The van der Waals surface area contributed by atoms with Crippen LogP contribution in [-0.4, -0.2) is 26.7 Å². The Labute approximate surface area is 115 Å². The van der Waals surface area contributed by atoms with Crippen molar-refractivity contribution in [2.45, 2.75) is 12.5 Å². The summed E-state index contributed by atoms with van der Waals surface area (Å²) in [6.07, 6.45) is 4.88. The van der Waals surface area contributed by atoms with Crippen molar-refractivity contribution in [2.75, 3.05) is 0 Å². The van der Waals surface area contributed by atoms with Crippen molar-refractivity contribution < 1.29 is 0 Å². The van der Waals surface area contributed by atoms with Crippen LogP contribution in [0.4, 0.5) is 0 Å². The van der Waals surface area contributed by atoms with E-state index < -0.39 is 0 Å². The number of benzene rings is 1. The number of nitrogens with one attached hydrogen (secondary N) is 1. The van der Waals surface area contributed by atoms with Gasteiger partial charge in [0.25, 0.3) is 0 Å². The van der Waals surface area contributed by atoms with Crippen LogP contribution in [0.1, 0.15) is 17.8 Å². The van der Waals surface area contributed by atoms with Crippen molar-refractivity contribution in [3.05, 3.63) is 52.8 Å². The normalized spacial score (nSPS) is 18.9. The summed E-state index contributed by atoms with van der Waals surface area (Å²) >= 11 is 5.90. The Morgan fingerprint density at radius 1 is 1.26 bits per heavy atom. The van der Waals surface area contributed by atoms with Crippen molar-refractivity contribution in [3.8, 4) is 0 Å². The third kappa shape index (κ3) is 2.43. The fraction of sp³-hybridized carbons (Fsp3) is 0.154. The van der Waals surface area contributed by atoms with E-state index in [2.05, 4.69) is 26.7 Å². The van der Waals surface area contributed by atoms with Crippen molar-refractivity contribution in [2.24, 2.45) is 5.73 Å². The highest BCUT2D eigenvalue weighted by Crippen LogP contribution is 2.29. The molecule has 0 radical (unpaired) electrons. The van der Waals surface area contributed by atoms with E-state index in [0.29, 0.717) is 5.82 Å². The Bertz CT molecular complexity index is 628. The third-order valence-electron chi connectivity index (χ3n) is 3.10. The summed E-state index contributed by atoms with van der Waals surface area (Å²) in [5, 5.41) is 14.6. The molecule has 3 N–H and O–H groups in total. The first kappa shape index (κ1) is 12.1. The van der Waals surface area contributed by atoms with Crippen LogP contribution in [0.5, 0.6) is 0 Å². The van der Waals surface area contributed by atoms with Crippen LogP contribution >= 0.6 is 11.6 Å². The molecule has 1 aromatic carbocycles. The summed E-state index contributed by atoms with van der Waals surface area (Å²) in [5.74, 6) is 0.618. The summed E-state index contributed by atoms with van der Waals surface area (Å²) < 4.78 is 0. The number of hydrogen-bond donors (Lipinski definition) is 2. The maximum absolute atomic E-state index is 6.09. The van der Waals surface area contributed by atoms with Gasteiger partial charge in [-0.05, 0) is 46.2 Å². The minimum atomic E-state index is -0.0919. The molecule has 6 heteroatoms. The number of rotatable bonds is 2. The topological polar surface area (TPSA) is 80.5 Å². The van der Waals surface area contributed by atoms with Crippen molar-refractivity contribution in [1.29, 1.82) is 0 Å². The second kappa shape index (κ2) is 4.95. The molecule has 0 bridgehead atoms. The van der Waals surface area contributed by atoms with Gasteiger partial charge in [-0.3, -0.25) is 0 Å². The summed E-state index contributed by atoms with van der Waals surface area (Å²) in [5.41, 5.74) is 9.20. The Morgan fingerprint density at radius 2 is 2.05 bits per heavy atom. The van der Waals surface area contributed by atoms with E-state index in [1.54, 1.807) is 0 Å². The maximum Gasteiger partial charge on any atom is 0.176 e. The van der Waals surface area contributed by atoms with Gasteiger partial charge in [0.1, 0.15) is 0 Å². The second-order valence-electron chi connectivity index (χ2n) is 4.36. The summed E-state index contributed by atoms with van der Waals surface area (Å²) in [4.78, 5) is 0. The van der Waals surface area contributed by atoms with Gasteiger partial charge < -0.3 is 5.73 Å². The molecule has 0 amide bonds. The highest BCUT2D eigenvalue weighted by atomic mass is 35.5. The van der Waals surface area contributed by atoms with Gasteiger partial charge in [0.2, 0.25) is 0 Å². The summed E-state index contributed by atoms with van der Waals surface area (Å²) in [6, 6.07) is 7.62. The molecule has 1 atom stereocenters. The SMILES string of the molecule is NC1CC=C(c2ccc(Cl)cc2)C=C1c1nnn[nH]1. The smallest absolute Gasteiger partial charge is 0.176 e. The summed E-state index contributed by atoms with van der Waals surface area (Å²) in [7, 11) is 0. The van der Waals surface area contributed by atoms with Crippen LogP contribution in [0.2, 0.25) is 5.02 Å². The van der Waals surface area contributed by atoms with Crippen LogP contribution in [0, 0.1) is 0 Å². The predicted molar refractivity (Wildman–Crippen MR) is 74.2 cm³/mol. The first-order valence-corrected chi connectivity index (χ1v) is 6.29. The Kier molecular flexibility index (Phi) is 3.15. The Balaban J connectivity index is 1.98. The number of aromatic amines is 1. The molecule has 1 aromatic heterocycles. The molecular weight excluding hydrogens is 262 g/mol. The van der Waals surface area contributed by atoms with E-state index in [0.717, 1.165) is 28.2 Å². The van der Waals surface area contributed by atoms with E-state index in [4.69, 9.17) is 17.3 Å². The highest BCUT2D eigenvalue weighted by molar-refractivity contribution is 6.30. The lowest BCUT2D eigenvalue weighted by Gasteiger charge is -2.18. The maximum atomic E-state index is 6.09. The van der Waals surface area contributed by atoms with Crippen molar-refractivity contribution >= 4 is 22.7 Å². The highest BCUT2D eigenvalue weighted by Gasteiger charge is 2.19. The van der Waals surface area contributed by atoms with Gasteiger partial charge in [0, 0.05) is 16.6 Å². The lowest BCUT2D eigenvalue weighted by molar-refractivity contribution is 0.834. The Hall–Kier alpha value is -1.98. The molecule has 1 aliphatic carbocycles. The minimum absolute atomic E-state index is 0.0919. The van der Waals surface area contributed by atoms with Gasteiger partial charge in [-0.1, -0.05) is 29.8 Å². The fourth-order valence-electron chi connectivity index (χ4n) is 2.08. The molecule has 1 heterocycles. The lowest BCUT2D eigenvalue weighted by Crippen LogP contribution is -2.23. The average Bonchev–Trinajstić information content (AvgIpc) is 2.94. The molecule has 0 fully saturated rings. The number of halogens is 1. The van der Waals surface area contributed by atoms with E-state index >= 15 is 0 Å². The number of H-pyrrole nitrogens is 1. The van der Waals surface area contributed by atoms with E-state index in [1.165, 1.54) is 0 Å². The zero-order valence-electron chi connectivity index (χ0n) is 10.0. The number of nitrogens with two attached hydrogens (primary N) is 1. The number of allylic oxidation sites excluding steroid dienone is 2. The largest absolute Gasteiger partial charge is 0.324 e. The van der Waals surface area contributed by atoms with Crippen LogP contribution in [0.15, 0.2) is 36.4 Å². The van der Waals surface area contributed by atoms with Gasteiger partial charge in [0.15, 0.2) is 5.82 Å². The fourth-order valence-corrected chi connectivity index (χ4v) is 2.21. The van der Waals surface area contributed by atoms with Gasteiger partial charge in [-0.15, -0.1) is 5.10 Å². The van der Waals surface area contributed by atoms with Crippen LogP contribution in [0.25, 0.3) is 11.1 Å². The van der Waals surface area contributed by atoms with Crippen LogP contribution < -0.4 is 5.73 Å². The molecule has 1 unspecified atom stereocenters. The lowest BCUT2D eigenvalue weighted by atomic mass is 9.91. The molecule has 0 aliphatic heterocycles. The number of hydrogen-bond acceptors (Lipinski definition) is 4. The minimum Gasteiger partial charge on any atom is -0.324 e. The first-order chi connectivity index (χ1) is 9.24. The van der Waals surface area contributed by atoms with Gasteiger partial charge in [0.05, 0.1) is 0 Å². The van der Waals surface area contributed by atoms with Gasteiger partial charge in [-0.25, -0.2) is 5.10 Å². The molecule has 3 rings (SSSR count). The predicted octanol–water partition coefficient (Wildman–Crippen LogP) is 2.05. The molecule has 0 saturated carbocycles. The molecule has 1 aliphatic rings. The molecular formula is C13H12ClN5. The Morgan fingerprint density at radius 3 is 2.74 bits per heavy atom. The summed E-state index contributed by atoms with van der Waals surface area (Å²) in [6.45, 7) is 0. The molecule has 2 aromatic rings. The zero-order valence-corrected chi connectivity index (χ0v) is 10.8. The van der Waals surface area contributed by atoms with Crippen molar-refractivity contribution in [1.82, 2.24) is 20.6 Å². The second-order valence-corrected chi connectivity index (χ2v) is 4.79. The monoisotopic (exact) mass is 273 g/mol. The molecule has 5 nitrogen and oxygen atoms in total. The molecule has 19 heavy (non-hydrogen) atoms. The number of nitrogens with zero attached hydrogens (tertiary/aromatic N) is 3.